The van der Waals surface area contributed by atoms with E-state index in [-0.39, 0.29) is 17.5 Å². The van der Waals surface area contributed by atoms with Crippen molar-refractivity contribution < 1.29 is 14.7 Å². The van der Waals surface area contributed by atoms with Crippen molar-refractivity contribution in [3.05, 3.63) is 16.5 Å². The fraction of sp³-hybridized carbons (Fsp3) is 0.455. The van der Waals surface area contributed by atoms with E-state index >= 15 is 0 Å². The van der Waals surface area contributed by atoms with Crippen LogP contribution in [0.2, 0.25) is 0 Å². The van der Waals surface area contributed by atoms with Crippen LogP contribution in [0.15, 0.2) is 10.3 Å². The molecule has 0 spiro atoms. The maximum Gasteiger partial charge on any atom is 0.304 e. The number of rotatable bonds is 3. The lowest BCUT2D eigenvalue weighted by atomic mass is 10.1. The van der Waals surface area contributed by atoms with Gasteiger partial charge in [0.05, 0.1) is 10.6 Å². The summed E-state index contributed by atoms with van der Waals surface area (Å²) in [6.45, 7) is 2.06. The van der Waals surface area contributed by atoms with E-state index in [9.17, 15) is 9.59 Å². The maximum atomic E-state index is 11.8. The van der Waals surface area contributed by atoms with Crippen LogP contribution in [0.4, 0.5) is 0 Å². The van der Waals surface area contributed by atoms with Gasteiger partial charge in [0.1, 0.15) is 0 Å². The van der Waals surface area contributed by atoms with Crippen molar-refractivity contribution in [2.75, 3.05) is 0 Å². The molecule has 5 heteroatoms. The SMILES string of the molecule is CCc1cc2c(s1)SC(CC(=O)O)CC2=O. The summed E-state index contributed by atoms with van der Waals surface area (Å²) >= 11 is 3.16. The molecule has 0 amide bonds. The molecule has 0 saturated heterocycles. The highest BCUT2D eigenvalue weighted by Crippen LogP contribution is 2.42. The highest BCUT2D eigenvalue weighted by Gasteiger charge is 2.29. The second-order valence-electron chi connectivity index (χ2n) is 3.73. The van der Waals surface area contributed by atoms with Crippen molar-refractivity contribution in [2.45, 2.75) is 35.6 Å². The van der Waals surface area contributed by atoms with Gasteiger partial charge in [0.15, 0.2) is 5.78 Å². The van der Waals surface area contributed by atoms with Gasteiger partial charge in [-0.3, -0.25) is 9.59 Å². The average Bonchev–Trinajstić information content (AvgIpc) is 2.60. The topological polar surface area (TPSA) is 54.4 Å². The molecule has 1 aliphatic rings. The van der Waals surface area contributed by atoms with E-state index in [4.69, 9.17) is 5.11 Å². The second-order valence-corrected chi connectivity index (χ2v) is 6.44. The van der Waals surface area contributed by atoms with Gasteiger partial charge in [-0.2, -0.15) is 0 Å². The van der Waals surface area contributed by atoms with Gasteiger partial charge in [0.2, 0.25) is 0 Å². The number of aryl methyl sites for hydroxylation is 1. The van der Waals surface area contributed by atoms with E-state index in [1.165, 1.54) is 4.88 Å². The molecule has 16 heavy (non-hydrogen) atoms. The summed E-state index contributed by atoms with van der Waals surface area (Å²) in [6.07, 6.45) is 1.34. The van der Waals surface area contributed by atoms with Gasteiger partial charge in [-0.15, -0.1) is 23.1 Å². The molecule has 1 aromatic heterocycles. The molecular formula is C11H12O3S2. The number of carbonyl (C=O) groups excluding carboxylic acids is 1. The molecule has 0 bridgehead atoms. The van der Waals surface area contributed by atoms with E-state index < -0.39 is 5.97 Å². The Kier molecular flexibility index (Phi) is 3.35. The van der Waals surface area contributed by atoms with Gasteiger partial charge >= 0.3 is 5.97 Å². The number of hydrogen-bond acceptors (Lipinski definition) is 4. The van der Waals surface area contributed by atoms with Gasteiger partial charge in [-0.1, -0.05) is 6.92 Å². The van der Waals surface area contributed by atoms with E-state index in [1.807, 2.05) is 6.07 Å². The van der Waals surface area contributed by atoms with Crippen LogP contribution < -0.4 is 0 Å². The van der Waals surface area contributed by atoms with Gasteiger partial charge in [0.25, 0.3) is 0 Å². The Morgan fingerprint density at radius 2 is 2.38 bits per heavy atom. The molecule has 0 radical (unpaired) electrons. The first-order valence-corrected chi connectivity index (χ1v) is 6.84. The Balaban J connectivity index is 2.21. The van der Waals surface area contributed by atoms with E-state index in [1.54, 1.807) is 23.1 Å². The van der Waals surface area contributed by atoms with Gasteiger partial charge in [-0.05, 0) is 12.5 Å². The molecule has 2 heterocycles. The average molecular weight is 256 g/mol. The molecule has 3 nitrogen and oxygen atoms in total. The number of Topliss-reactive ketones (excluding diaryl/α,β-unsaturated/α-hetero) is 1. The standard InChI is InChI=1S/C11H12O3S2/c1-2-6-3-8-9(12)4-7(5-10(13)14)16-11(8)15-6/h3,7H,2,4-5H2,1H3,(H,13,14). The summed E-state index contributed by atoms with van der Waals surface area (Å²) in [6, 6.07) is 1.95. The number of aliphatic carboxylic acids is 1. The molecule has 1 aromatic rings. The van der Waals surface area contributed by atoms with Crippen LogP contribution in [-0.2, 0) is 11.2 Å². The van der Waals surface area contributed by atoms with Crippen molar-refractivity contribution in [1.82, 2.24) is 0 Å². The number of carboxylic acids is 1. The van der Waals surface area contributed by atoms with Crippen LogP contribution in [0.1, 0.15) is 35.0 Å². The molecular weight excluding hydrogens is 244 g/mol. The Labute approximate surface area is 102 Å². The van der Waals surface area contributed by atoms with Gasteiger partial charge < -0.3 is 5.11 Å². The quantitative estimate of drug-likeness (QED) is 0.903. The van der Waals surface area contributed by atoms with Crippen LogP contribution in [0.5, 0.6) is 0 Å². The number of hydrogen-bond donors (Lipinski definition) is 1. The highest BCUT2D eigenvalue weighted by molar-refractivity contribution is 8.02. The third kappa shape index (κ3) is 2.30. The Hall–Kier alpha value is -0.810. The Morgan fingerprint density at radius 3 is 3.00 bits per heavy atom. The summed E-state index contributed by atoms with van der Waals surface area (Å²) in [5, 5.41) is 8.63. The van der Waals surface area contributed by atoms with Gasteiger partial charge in [-0.25, -0.2) is 0 Å². The van der Waals surface area contributed by atoms with Crippen LogP contribution in [0.25, 0.3) is 0 Å². The van der Waals surface area contributed by atoms with Crippen molar-refractivity contribution in [1.29, 1.82) is 0 Å². The predicted molar refractivity (Wildman–Crippen MR) is 64.5 cm³/mol. The first-order chi connectivity index (χ1) is 7.60. The van der Waals surface area contributed by atoms with Crippen molar-refractivity contribution in [2.24, 2.45) is 0 Å². The molecule has 1 aliphatic heterocycles. The smallest absolute Gasteiger partial charge is 0.304 e. The predicted octanol–water partition coefficient (Wildman–Crippen LogP) is 2.83. The lowest BCUT2D eigenvalue weighted by Gasteiger charge is -2.18. The maximum absolute atomic E-state index is 11.8. The molecule has 0 saturated carbocycles. The molecule has 1 unspecified atom stereocenters. The van der Waals surface area contributed by atoms with Crippen LogP contribution in [0.3, 0.4) is 0 Å². The number of carboxylic acid groups (broad SMARTS) is 1. The normalized spacial score (nSPS) is 19.6. The highest BCUT2D eigenvalue weighted by atomic mass is 32.2. The molecule has 0 aromatic carbocycles. The Bertz CT molecular complexity index is 436. The summed E-state index contributed by atoms with van der Waals surface area (Å²) in [7, 11) is 0. The molecule has 86 valence electrons. The zero-order chi connectivity index (χ0) is 11.7. The lowest BCUT2D eigenvalue weighted by Crippen LogP contribution is -2.18. The van der Waals surface area contributed by atoms with Gasteiger partial charge in [0, 0.05) is 22.1 Å². The number of ketones is 1. The zero-order valence-electron chi connectivity index (χ0n) is 8.86. The third-order valence-electron chi connectivity index (χ3n) is 2.49. The minimum absolute atomic E-state index is 0.0647. The first-order valence-electron chi connectivity index (χ1n) is 5.14. The summed E-state index contributed by atoms with van der Waals surface area (Å²) < 4.78 is 0.999. The van der Waals surface area contributed by atoms with Crippen LogP contribution in [0, 0.1) is 0 Å². The summed E-state index contributed by atoms with van der Waals surface area (Å²) in [5.74, 6) is -0.739. The first kappa shape index (κ1) is 11.7. The molecule has 1 N–H and O–H groups in total. The third-order valence-corrected chi connectivity index (χ3v) is 5.20. The lowest BCUT2D eigenvalue weighted by molar-refractivity contribution is -0.136. The van der Waals surface area contributed by atoms with Crippen LogP contribution >= 0.6 is 23.1 Å². The molecule has 1 atom stereocenters. The van der Waals surface area contributed by atoms with Crippen LogP contribution in [-0.4, -0.2) is 22.1 Å². The molecule has 2 rings (SSSR count). The second kappa shape index (κ2) is 4.59. The molecule has 0 aliphatic carbocycles. The minimum Gasteiger partial charge on any atom is -0.481 e. The minimum atomic E-state index is -0.832. The van der Waals surface area contributed by atoms with E-state index in [0.29, 0.717) is 6.42 Å². The summed E-state index contributed by atoms with van der Waals surface area (Å²) in [5.41, 5.74) is 0.800. The van der Waals surface area contributed by atoms with E-state index in [0.717, 1.165) is 16.2 Å². The fourth-order valence-corrected chi connectivity index (χ4v) is 4.52. The number of carbonyl (C=O) groups is 2. The zero-order valence-corrected chi connectivity index (χ0v) is 10.5. The number of thiophene rings is 1. The number of fused-ring (bicyclic) bond motifs is 1. The largest absolute Gasteiger partial charge is 0.481 e. The van der Waals surface area contributed by atoms with Crippen molar-refractivity contribution >= 4 is 34.9 Å². The fourth-order valence-electron chi connectivity index (χ4n) is 1.70. The van der Waals surface area contributed by atoms with E-state index in [2.05, 4.69) is 6.92 Å². The number of thioether (sulfide) groups is 1. The summed E-state index contributed by atoms with van der Waals surface area (Å²) in [4.78, 5) is 23.6. The molecule has 0 fully saturated rings. The van der Waals surface area contributed by atoms with Crippen molar-refractivity contribution in [3.8, 4) is 0 Å². The monoisotopic (exact) mass is 256 g/mol. The van der Waals surface area contributed by atoms with Crippen molar-refractivity contribution in [3.63, 3.8) is 0 Å². The Morgan fingerprint density at radius 1 is 1.62 bits per heavy atom.